The Kier molecular flexibility index (Phi) is 8.43. The standard InChI is InChI=1S/C30H30ClN7/c1-20(27(16-21-7-11-25(31)12-8-21)24-6-4-5-22(15-24)17-32)36-28(30(2,3)18-33)23-9-13-26(14-10-23)37-29-34-19-35-38-29/h4-15,19-20,27-28,36H,16H2,1-3H3,(H2,34,35,37,38)/t20?,27?,28-/m0/s1. The molecule has 0 spiro atoms. The zero-order valence-corrected chi connectivity index (χ0v) is 22.4. The normalized spacial score (nSPS) is 13.6. The van der Waals surface area contributed by atoms with Gasteiger partial charge in [0, 0.05) is 22.7 Å². The van der Waals surface area contributed by atoms with E-state index < -0.39 is 5.41 Å². The zero-order valence-electron chi connectivity index (χ0n) is 21.6. The van der Waals surface area contributed by atoms with Crippen LogP contribution in [0.2, 0.25) is 5.02 Å². The van der Waals surface area contributed by atoms with E-state index >= 15 is 0 Å². The fraction of sp³-hybridized carbons (Fsp3) is 0.267. The minimum Gasteiger partial charge on any atom is -0.325 e. The number of H-pyrrole nitrogens is 1. The fourth-order valence-corrected chi connectivity index (χ4v) is 4.75. The Hall–Kier alpha value is -4.17. The summed E-state index contributed by atoms with van der Waals surface area (Å²) in [5.41, 5.74) is 4.02. The Morgan fingerprint density at radius 2 is 1.74 bits per heavy atom. The van der Waals surface area contributed by atoms with Gasteiger partial charge in [-0.05, 0) is 80.3 Å². The molecule has 38 heavy (non-hydrogen) atoms. The van der Waals surface area contributed by atoms with Gasteiger partial charge in [-0.15, -0.1) is 0 Å². The highest BCUT2D eigenvalue weighted by Gasteiger charge is 2.34. The van der Waals surface area contributed by atoms with E-state index in [4.69, 9.17) is 11.6 Å². The number of aromatic amines is 1. The van der Waals surface area contributed by atoms with Crippen LogP contribution in [-0.2, 0) is 6.42 Å². The molecule has 3 N–H and O–H groups in total. The van der Waals surface area contributed by atoms with E-state index in [0.29, 0.717) is 16.5 Å². The number of halogens is 1. The predicted octanol–water partition coefficient (Wildman–Crippen LogP) is 6.67. The van der Waals surface area contributed by atoms with Crippen molar-refractivity contribution >= 4 is 23.2 Å². The molecule has 3 aromatic carbocycles. The number of benzene rings is 3. The van der Waals surface area contributed by atoms with Crippen LogP contribution >= 0.6 is 11.6 Å². The van der Waals surface area contributed by atoms with E-state index in [9.17, 15) is 10.5 Å². The van der Waals surface area contributed by atoms with Crippen LogP contribution in [-0.4, -0.2) is 21.2 Å². The van der Waals surface area contributed by atoms with Crippen LogP contribution in [0.25, 0.3) is 0 Å². The Labute approximate surface area is 228 Å². The van der Waals surface area contributed by atoms with Crippen molar-refractivity contribution in [1.82, 2.24) is 20.5 Å². The molecule has 3 atom stereocenters. The third kappa shape index (κ3) is 6.58. The van der Waals surface area contributed by atoms with Gasteiger partial charge in [-0.3, -0.25) is 0 Å². The Morgan fingerprint density at radius 1 is 1.00 bits per heavy atom. The number of anilines is 2. The van der Waals surface area contributed by atoms with Gasteiger partial charge in [-0.25, -0.2) is 5.10 Å². The highest BCUT2D eigenvalue weighted by Crippen LogP contribution is 2.36. The first-order valence-electron chi connectivity index (χ1n) is 12.4. The second kappa shape index (κ2) is 11.9. The maximum atomic E-state index is 10.1. The summed E-state index contributed by atoms with van der Waals surface area (Å²) >= 11 is 6.13. The third-order valence-electron chi connectivity index (χ3n) is 6.78. The van der Waals surface area contributed by atoms with E-state index in [2.05, 4.69) is 50.9 Å². The van der Waals surface area contributed by atoms with Gasteiger partial charge in [0.05, 0.1) is 29.2 Å². The van der Waals surface area contributed by atoms with Crippen molar-refractivity contribution in [2.75, 3.05) is 5.32 Å². The molecule has 0 bridgehead atoms. The second-order valence-electron chi connectivity index (χ2n) is 9.98. The predicted molar refractivity (Wildman–Crippen MR) is 150 cm³/mol. The Morgan fingerprint density at radius 3 is 2.37 bits per heavy atom. The van der Waals surface area contributed by atoms with Crippen molar-refractivity contribution in [2.45, 2.75) is 45.2 Å². The Balaban J connectivity index is 1.63. The average Bonchev–Trinajstić information content (AvgIpc) is 3.45. The van der Waals surface area contributed by atoms with Crippen molar-refractivity contribution < 1.29 is 0 Å². The van der Waals surface area contributed by atoms with Gasteiger partial charge in [0.2, 0.25) is 5.95 Å². The topological polar surface area (TPSA) is 113 Å². The molecular formula is C30H30ClN7. The van der Waals surface area contributed by atoms with Crippen molar-refractivity contribution in [1.29, 1.82) is 10.5 Å². The maximum absolute atomic E-state index is 10.1. The van der Waals surface area contributed by atoms with Gasteiger partial charge < -0.3 is 10.6 Å². The van der Waals surface area contributed by atoms with Crippen molar-refractivity contribution in [3.05, 3.63) is 106 Å². The molecule has 4 aromatic rings. The summed E-state index contributed by atoms with van der Waals surface area (Å²) in [6.07, 6.45) is 2.19. The summed E-state index contributed by atoms with van der Waals surface area (Å²) < 4.78 is 0. The summed E-state index contributed by atoms with van der Waals surface area (Å²) in [4.78, 5) is 4.10. The third-order valence-corrected chi connectivity index (χ3v) is 7.03. The average molecular weight is 524 g/mol. The first kappa shape index (κ1) is 26.9. The molecule has 2 unspecified atom stereocenters. The van der Waals surface area contributed by atoms with E-state index in [0.717, 1.165) is 28.8 Å². The molecular weight excluding hydrogens is 494 g/mol. The number of nitrogens with zero attached hydrogens (tertiary/aromatic N) is 4. The zero-order chi connectivity index (χ0) is 27.1. The summed E-state index contributed by atoms with van der Waals surface area (Å²) in [7, 11) is 0. The van der Waals surface area contributed by atoms with Gasteiger partial charge in [0.15, 0.2) is 0 Å². The number of nitrogens with one attached hydrogen (secondary N) is 3. The highest BCUT2D eigenvalue weighted by atomic mass is 35.5. The molecule has 7 nitrogen and oxygen atoms in total. The van der Waals surface area contributed by atoms with Crippen LogP contribution in [0.1, 0.15) is 55.0 Å². The second-order valence-corrected chi connectivity index (χ2v) is 10.4. The molecule has 0 aliphatic heterocycles. The van der Waals surface area contributed by atoms with Gasteiger partial charge >= 0.3 is 0 Å². The lowest BCUT2D eigenvalue weighted by Gasteiger charge is -2.36. The number of aromatic nitrogens is 3. The lowest BCUT2D eigenvalue weighted by molar-refractivity contribution is 0.281. The van der Waals surface area contributed by atoms with E-state index in [1.165, 1.54) is 6.33 Å². The largest absolute Gasteiger partial charge is 0.325 e. The van der Waals surface area contributed by atoms with E-state index in [1.54, 1.807) is 0 Å². The molecule has 0 amide bonds. The molecule has 0 aliphatic rings. The minimum absolute atomic E-state index is 0.0239. The minimum atomic E-state index is -0.687. The first-order valence-corrected chi connectivity index (χ1v) is 12.8. The molecule has 0 saturated carbocycles. The Bertz CT molecular complexity index is 1420. The van der Waals surface area contributed by atoms with Gasteiger partial charge in [-0.1, -0.05) is 48.0 Å². The molecule has 0 fully saturated rings. The summed E-state index contributed by atoms with van der Waals surface area (Å²) in [6.45, 7) is 6.03. The van der Waals surface area contributed by atoms with Crippen LogP contribution in [0.3, 0.4) is 0 Å². The van der Waals surface area contributed by atoms with Crippen molar-refractivity contribution in [2.24, 2.45) is 5.41 Å². The number of rotatable bonds is 10. The number of nitriles is 2. The van der Waals surface area contributed by atoms with Crippen LogP contribution in [0.5, 0.6) is 0 Å². The fourth-order valence-electron chi connectivity index (χ4n) is 4.62. The summed E-state index contributed by atoms with van der Waals surface area (Å²) in [5, 5.41) is 33.9. The summed E-state index contributed by atoms with van der Waals surface area (Å²) in [6, 6.07) is 28.1. The van der Waals surface area contributed by atoms with Gasteiger partial charge in [0.25, 0.3) is 0 Å². The molecule has 4 rings (SSSR count). The van der Waals surface area contributed by atoms with E-state index in [-0.39, 0.29) is 18.0 Å². The smallest absolute Gasteiger partial charge is 0.222 e. The monoisotopic (exact) mass is 523 g/mol. The van der Waals surface area contributed by atoms with Crippen molar-refractivity contribution in [3.8, 4) is 12.1 Å². The lowest BCUT2D eigenvalue weighted by Crippen LogP contribution is -2.42. The number of hydrogen-bond donors (Lipinski definition) is 3. The first-order chi connectivity index (χ1) is 18.3. The van der Waals surface area contributed by atoms with Crippen LogP contribution in [0, 0.1) is 28.1 Å². The molecule has 8 heteroatoms. The van der Waals surface area contributed by atoms with Crippen LogP contribution < -0.4 is 10.6 Å². The highest BCUT2D eigenvalue weighted by molar-refractivity contribution is 6.30. The number of hydrogen-bond acceptors (Lipinski definition) is 6. The SMILES string of the molecule is CC(N[C@@H](c1ccc(Nc2ncn[nH]2)cc1)C(C)(C)C#N)C(Cc1ccc(Cl)cc1)c1cccc(C#N)c1. The van der Waals surface area contributed by atoms with Crippen LogP contribution in [0.4, 0.5) is 11.6 Å². The summed E-state index contributed by atoms with van der Waals surface area (Å²) in [5.74, 6) is 0.608. The lowest BCUT2D eigenvalue weighted by atomic mass is 9.79. The molecule has 1 heterocycles. The molecule has 1 aromatic heterocycles. The van der Waals surface area contributed by atoms with Gasteiger partial charge in [-0.2, -0.15) is 20.6 Å². The molecule has 0 saturated heterocycles. The van der Waals surface area contributed by atoms with Crippen LogP contribution in [0.15, 0.2) is 79.1 Å². The van der Waals surface area contributed by atoms with Crippen molar-refractivity contribution in [3.63, 3.8) is 0 Å². The molecule has 0 radical (unpaired) electrons. The molecule has 192 valence electrons. The maximum Gasteiger partial charge on any atom is 0.222 e. The van der Waals surface area contributed by atoms with E-state index in [1.807, 2.05) is 80.6 Å². The molecule has 0 aliphatic carbocycles. The van der Waals surface area contributed by atoms with Gasteiger partial charge in [0.1, 0.15) is 6.33 Å². The quantitative estimate of drug-likeness (QED) is 0.214.